The Morgan fingerprint density at radius 3 is 1.14 bits per heavy atom. The summed E-state index contributed by atoms with van der Waals surface area (Å²) in [5, 5.41) is 0. The summed E-state index contributed by atoms with van der Waals surface area (Å²) in [6.45, 7) is 9.49. The highest BCUT2D eigenvalue weighted by atomic mass is 28.4. The van der Waals surface area contributed by atoms with E-state index in [4.69, 9.17) is 4.12 Å². The second kappa shape index (κ2) is 9.64. The average molecular weight is 509 g/mol. The van der Waals surface area contributed by atoms with Crippen LogP contribution in [0.4, 0.5) is 0 Å². The lowest BCUT2D eigenvalue weighted by atomic mass is 10.1. The van der Waals surface area contributed by atoms with Crippen molar-refractivity contribution in [2.24, 2.45) is 0 Å². The molecule has 2 heterocycles. The zero-order valence-electron chi connectivity index (χ0n) is 20.8. The van der Waals surface area contributed by atoms with Crippen LogP contribution in [-0.2, 0) is 4.12 Å². The third-order valence-electron chi connectivity index (χ3n) is 6.63. The van der Waals surface area contributed by atoms with Gasteiger partial charge in [0.25, 0.3) is 23.6 Å². The highest BCUT2D eigenvalue weighted by Crippen LogP contribution is 2.28. The molecule has 0 fully saturated rings. The molecule has 4 amide bonds. The zero-order valence-corrected chi connectivity index (χ0v) is 22.8. The van der Waals surface area contributed by atoms with Crippen molar-refractivity contribution in [1.82, 2.24) is 9.80 Å². The fourth-order valence-electron chi connectivity index (χ4n) is 5.06. The van der Waals surface area contributed by atoms with E-state index in [1.165, 1.54) is 9.80 Å². The second-order valence-corrected chi connectivity index (χ2v) is 19.3. The molecule has 0 aromatic heterocycles. The first kappa shape index (κ1) is 25.2. The molecule has 0 saturated carbocycles. The van der Waals surface area contributed by atoms with Crippen LogP contribution >= 0.6 is 0 Å². The Bertz CT molecular complexity index is 1030. The Morgan fingerprint density at radius 2 is 0.857 bits per heavy atom. The van der Waals surface area contributed by atoms with Crippen LogP contribution in [0.3, 0.4) is 0 Å². The minimum absolute atomic E-state index is 0.214. The highest BCUT2D eigenvalue weighted by Gasteiger charge is 2.38. The van der Waals surface area contributed by atoms with Crippen molar-refractivity contribution < 1.29 is 23.3 Å². The number of imide groups is 2. The van der Waals surface area contributed by atoms with E-state index in [1.807, 2.05) is 0 Å². The van der Waals surface area contributed by atoms with Crippen molar-refractivity contribution in [3.63, 3.8) is 0 Å². The van der Waals surface area contributed by atoms with E-state index in [-0.39, 0.29) is 23.6 Å². The molecule has 0 unspecified atom stereocenters. The number of nitrogens with zero attached hydrogens (tertiary/aromatic N) is 2. The highest BCUT2D eigenvalue weighted by molar-refractivity contribution is 6.84. The first-order chi connectivity index (χ1) is 16.5. The van der Waals surface area contributed by atoms with Gasteiger partial charge in [-0.2, -0.15) is 0 Å². The maximum absolute atomic E-state index is 12.6. The van der Waals surface area contributed by atoms with Gasteiger partial charge in [0, 0.05) is 13.1 Å². The quantitative estimate of drug-likeness (QED) is 0.340. The van der Waals surface area contributed by atoms with Gasteiger partial charge in [0.15, 0.2) is 16.6 Å². The van der Waals surface area contributed by atoms with Crippen LogP contribution in [0.2, 0.25) is 38.3 Å². The van der Waals surface area contributed by atoms with E-state index in [1.54, 1.807) is 48.5 Å². The first-order valence-electron chi connectivity index (χ1n) is 12.1. The van der Waals surface area contributed by atoms with Gasteiger partial charge in [0.2, 0.25) is 0 Å². The molecular formula is C26H32N2O5Si2. The predicted octanol–water partition coefficient (Wildman–Crippen LogP) is 4.79. The molecule has 0 atom stereocenters. The van der Waals surface area contributed by atoms with Crippen LogP contribution in [0.25, 0.3) is 0 Å². The Labute approximate surface area is 208 Å². The van der Waals surface area contributed by atoms with Gasteiger partial charge in [0.1, 0.15) is 0 Å². The zero-order chi connectivity index (χ0) is 25.4. The van der Waals surface area contributed by atoms with Crippen LogP contribution in [-0.4, -0.2) is 63.2 Å². The van der Waals surface area contributed by atoms with Gasteiger partial charge in [-0.25, -0.2) is 0 Å². The average Bonchev–Trinajstić information content (AvgIpc) is 3.19. The fraction of sp³-hybridized carbons (Fsp3) is 0.385. The monoisotopic (exact) mass is 508 g/mol. The molecule has 9 heteroatoms. The van der Waals surface area contributed by atoms with Crippen LogP contribution < -0.4 is 0 Å². The number of fused-ring (bicyclic) bond motifs is 2. The lowest BCUT2D eigenvalue weighted by Crippen LogP contribution is -2.45. The normalized spacial score (nSPS) is 15.8. The summed E-state index contributed by atoms with van der Waals surface area (Å²) in [7, 11) is -4.06. The third-order valence-corrected chi connectivity index (χ3v) is 14.2. The van der Waals surface area contributed by atoms with Gasteiger partial charge in [0.05, 0.1) is 22.3 Å². The molecule has 2 aromatic rings. The van der Waals surface area contributed by atoms with E-state index >= 15 is 0 Å². The Balaban J connectivity index is 1.24. The summed E-state index contributed by atoms with van der Waals surface area (Å²) in [6.07, 6.45) is 1.43. The largest absolute Gasteiger partial charge is 0.455 e. The van der Waals surface area contributed by atoms with Gasteiger partial charge in [-0.3, -0.25) is 29.0 Å². The van der Waals surface area contributed by atoms with Gasteiger partial charge in [-0.05, 0) is 75.4 Å². The van der Waals surface area contributed by atoms with Crippen molar-refractivity contribution in [3.05, 3.63) is 70.8 Å². The summed E-state index contributed by atoms with van der Waals surface area (Å²) < 4.78 is 6.69. The smallest absolute Gasteiger partial charge is 0.261 e. The Kier molecular flexibility index (Phi) is 6.94. The Morgan fingerprint density at radius 1 is 0.571 bits per heavy atom. The third kappa shape index (κ3) is 5.21. The number of carbonyl (C=O) groups is 4. The van der Waals surface area contributed by atoms with E-state index < -0.39 is 16.6 Å². The number of rotatable bonds is 10. The van der Waals surface area contributed by atoms with Crippen LogP contribution in [0, 0.1) is 0 Å². The minimum atomic E-state index is -2.03. The van der Waals surface area contributed by atoms with Crippen molar-refractivity contribution in [1.29, 1.82) is 0 Å². The van der Waals surface area contributed by atoms with Gasteiger partial charge in [-0.1, -0.05) is 24.3 Å². The van der Waals surface area contributed by atoms with Crippen LogP contribution in [0.15, 0.2) is 48.5 Å². The first-order valence-corrected chi connectivity index (χ1v) is 18.3. The molecule has 2 aliphatic heterocycles. The SMILES string of the molecule is C[Si](C)(CCCN1C(=O)c2ccccc2C1=O)O[Si](C)(C)CCCN1C(=O)c2ccccc2C1=O. The van der Waals surface area contributed by atoms with E-state index in [9.17, 15) is 19.2 Å². The van der Waals surface area contributed by atoms with Crippen LogP contribution in [0.1, 0.15) is 54.3 Å². The number of hydrogen-bond acceptors (Lipinski definition) is 5. The Hall–Kier alpha value is -2.89. The summed E-state index contributed by atoms with van der Waals surface area (Å²) in [5.41, 5.74) is 1.93. The second-order valence-electron chi connectivity index (χ2n) is 10.4. The lowest BCUT2D eigenvalue weighted by molar-refractivity contribution is 0.0639. The molecule has 2 aromatic carbocycles. The molecule has 184 valence electrons. The van der Waals surface area contributed by atoms with E-state index in [0.29, 0.717) is 48.2 Å². The number of amides is 4. The number of hydrogen-bond donors (Lipinski definition) is 0. The topological polar surface area (TPSA) is 84.0 Å². The summed E-state index contributed by atoms with van der Waals surface area (Å²) in [6, 6.07) is 15.6. The van der Waals surface area contributed by atoms with Crippen molar-refractivity contribution in [3.8, 4) is 0 Å². The molecule has 0 N–H and O–H groups in total. The minimum Gasteiger partial charge on any atom is -0.455 e. The van der Waals surface area contributed by atoms with Crippen LogP contribution in [0.5, 0.6) is 0 Å². The number of benzene rings is 2. The standard InChI is InChI=1S/C26H32N2O5Si2/c1-34(2,17-9-15-27-23(29)19-11-5-6-12-20(19)24(27)30)33-35(3,4)18-10-16-28-25(31)21-13-7-8-14-22(21)26(28)32/h5-8,11-14H,9-10,15-18H2,1-4H3. The molecule has 0 aliphatic carbocycles. The summed E-state index contributed by atoms with van der Waals surface area (Å²) >= 11 is 0. The van der Waals surface area contributed by atoms with Gasteiger partial charge >= 0.3 is 0 Å². The molecular weight excluding hydrogens is 476 g/mol. The summed E-state index contributed by atoms with van der Waals surface area (Å²) in [5.74, 6) is -0.856. The van der Waals surface area contributed by atoms with Crippen molar-refractivity contribution >= 4 is 40.3 Å². The lowest BCUT2D eigenvalue weighted by Gasteiger charge is -2.34. The predicted molar refractivity (Wildman–Crippen MR) is 139 cm³/mol. The molecule has 0 bridgehead atoms. The van der Waals surface area contributed by atoms with Crippen molar-refractivity contribution in [2.45, 2.75) is 51.1 Å². The molecule has 0 spiro atoms. The van der Waals surface area contributed by atoms with Gasteiger partial charge < -0.3 is 4.12 Å². The summed E-state index contributed by atoms with van der Waals surface area (Å²) in [4.78, 5) is 53.0. The van der Waals surface area contributed by atoms with E-state index in [2.05, 4.69) is 26.2 Å². The molecule has 35 heavy (non-hydrogen) atoms. The molecule has 7 nitrogen and oxygen atoms in total. The molecule has 4 rings (SSSR count). The maximum atomic E-state index is 12.6. The van der Waals surface area contributed by atoms with Crippen molar-refractivity contribution in [2.75, 3.05) is 13.1 Å². The van der Waals surface area contributed by atoms with E-state index in [0.717, 1.165) is 12.1 Å². The van der Waals surface area contributed by atoms with Gasteiger partial charge in [-0.15, -0.1) is 0 Å². The maximum Gasteiger partial charge on any atom is 0.261 e. The number of carbonyl (C=O) groups excluding carboxylic acids is 4. The fourth-order valence-corrected chi connectivity index (χ4v) is 13.9. The molecule has 0 radical (unpaired) electrons. The molecule has 0 saturated heterocycles. The molecule has 2 aliphatic rings.